The molecule has 0 spiro atoms. The summed E-state index contributed by atoms with van der Waals surface area (Å²) in [6, 6.07) is 18.8. The Morgan fingerprint density at radius 1 is 1.00 bits per heavy atom. The van der Waals surface area contributed by atoms with Crippen LogP contribution in [0.5, 0.6) is 0 Å². The third kappa shape index (κ3) is 6.81. The van der Waals surface area contributed by atoms with Gasteiger partial charge in [0.15, 0.2) is 0 Å². The Morgan fingerprint density at radius 3 is 2.26 bits per heavy atom. The largest absolute Gasteiger partial charge is 0.477 e. The number of carboxylic acid groups (broad SMARTS) is 1. The first-order valence-corrected chi connectivity index (χ1v) is 13.3. The second kappa shape index (κ2) is 11.0. The Balaban J connectivity index is 0.000000237. The van der Waals surface area contributed by atoms with Crippen LogP contribution in [0, 0.1) is 5.82 Å². The molecule has 4 aromatic rings. The zero-order chi connectivity index (χ0) is 25.6. The molecule has 1 aromatic heterocycles. The molecule has 0 aliphatic heterocycles. The number of hydrogen-bond donors (Lipinski definition) is 6. The third-order valence-electron chi connectivity index (χ3n) is 4.62. The minimum atomic E-state index is -5.14. The molecule has 0 saturated carbocycles. The van der Waals surface area contributed by atoms with Crippen LogP contribution >= 0.6 is 0 Å². The zero-order valence-electron chi connectivity index (χ0n) is 18.2. The Hall–Kier alpha value is -3.89. The maximum atomic E-state index is 12.9. The maximum absolute atomic E-state index is 12.9. The number of fused-ring (bicyclic) bond motifs is 1. The van der Waals surface area contributed by atoms with Crippen molar-refractivity contribution < 1.29 is 36.1 Å². The second-order valence-corrected chi connectivity index (χ2v) is 10.8. The summed E-state index contributed by atoms with van der Waals surface area (Å²) >= 11 is -5.14. The monoisotopic (exact) mass is 545 g/mol. The SMILES string of the molecule is CC(=O)Nc1cc(Nc2ccc(F)cc2)ccc1[As](=O)(O)OO.O=C(O)c1cc2ccccc2[nH]1. The summed E-state index contributed by atoms with van der Waals surface area (Å²) in [4.78, 5) is 24.6. The number of aromatic nitrogens is 1. The first kappa shape index (κ1) is 25.7. The molecule has 1 unspecified atom stereocenters. The van der Waals surface area contributed by atoms with Crippen LogP contribution in [-0.4, -0.2) is 45.5 Å². The van der Waals surface area contributed by atoms with Crippen molar-refractivity contribution in [3.05, 3.63) is 84.3 Å². The van der Waals surface area contributed by atoms with Crippen molar-refractivity contribution in [2.75, 3.05) is 10.6 Å². The standard InChI is InChI=1S/C14H14AsFN2O5.C9H7NO2/c1-9(19)17-14-8-12(6-7-13(14)15(20,21)23-22)18-11-4-2-10(16)3-5-11;11-9(12)8-5-6-3-1-2-4-7(6)10-8/h2-8,18,22H,1H3,(H,17,19)(H,20,21);1-5,10H,(H,11,12). The first-order chi connectivity index (χ1) is 16.6. The number of para-hydroxylation sites is 1. The summed E-state index contributed by atoms with van der Waals surface area (Å²) in [5.41, 5.74) is 2.19. The van der Waals surface area contributed by atoms with E-state index in [4.69, 9.17) is 10.4 Å². The number of amides is 1. The molecular formula is C23H21AsFN3O7. The number of carboxylic acids is 1. The van der Waals surface area contributed by atoms with E-state index in [1.54, 1.807) is 6.07 Å². The van der Waals surface area contributed by atoms with Crippen LogP contribution in [0.4, 0.5) is 21.5 Å². The van der Waals surface area contributed by atoms with E-state index >= 15 is 0 Å². The average molecular weight is 545 g/mol. The van der Waals surface area contributed by atoms with Crippen LogP contribution in [0.3, 0.4) is 0 Å². The molecule has 35 heavy (non-hydrogen) atoms. The molecule has 1 amide bonds. The minimum Gasteiger partial charge on any atom is -0.477 e. The van der Waals surface area contributed by atoms with Gasteiger partial charge >= 0.3 is 139 Å². The third-order valence-corrected chi connectivity index (χ3v) is 7.18. The summed E-state index contributed by atoms with van der Waals surface area (Å²) in [5.74, 6) is -1.77. The molecule has 4 rings (SSSR count). The van der Waals surface area contributed by atoms with E-state index in [0.29, 0.717) is 11.4 Å². The molecule has 0 fully saturated rings. The molecular weight excluding hydrogens is 524 g/mol. The number of hydrogen-bond acceptors (Lipinski definition) is 6. The van der Waals surface area contributed by atoms with E-state index in [-0.39, 0.29) is 21.5 Å². The average Bonchev–Trinajstić information content (AvgIpc) is 3.26. The first-order valence-electron chi connectivity index (χ1n) is 10.0. The van der Waals surface area contributed by atoms with Crippen molar-refractivity contribution in [2.45, 2.75) is 6.92 Å². The van der Waals surface area contributed by atoms with Gasteiger partial charge in [0.25, 0.3) is 0 Å². The molecule has 0 aliphatic rings. The number of aromatic carboxylic acids is 1. The van der Waals surface area contributed by atoms with E-state index in [2.05, 4.69) is 19.5 Å². The number of aromatic amines is 1. The second-order valence-electron chi connectivity index (χ2n) is 7.22. The van der Waals surface area contributed by atoms with Gasteiger partial charge in [-0.2, -0.15) is 0 Å². The smallest absolute Gasteiger partial charge is 0.352 e. The van der Waals surface area contributed by atoms with Crippen LogP contribution in [-0.2, 0) is 12.4 Å². The van der Waals surface area contributed by atoms with Crippen molar-refractivity contribution >= 4 is 58.4 Å². The van der Waals surface area contributed by atoms with Gasteiger partial charge in [0.1, 0.15) is 5.69 Å². The van der Waals surface area contributed by atoms with Crippen molar-refractivity contribution in [1.82, 2.24) is 4.98 Å². The quantitative estimate of drug-likeness (QED) is 0.122. The van der Waals surface area contributed by atoms with Gasteiger partial charge in [-0.15, -0.1) is 0 Å². The molecule has 0 bridgehead atoms. The Bertz CT molecular complexity index is 1370. The van der Waals surface area contributed by atoms with Crippen LogP contribution < -0.4 is 15.0 Å². The van der Waals surface area contributed by atoms with E-state index in [0.717, 1.165) is 10.9 Å². The molecule has 0 radical (unpaired) electrons. The number of carbonyl (C=O) groups excluding carboxylic acids is 1. The van der Waals surface area contributed by atoms with E-state index in [1.807, 2.05) is 24.3 Å². The predicted molar refractivity (Wildman–Crippen MR) is 128 cm³/mol. The summed E-state index contributed by atoms with van der Waals surface area (Å²) < 4.78 is 37.8. The normalized spacial score (nSPS) is 12.2. The molecule has 0 aliphatic carbocycles. The fourth-order valence-electron chi connectivity index (χ4n) is 3.08. The van der Waals surface area contributed by atoms with E-state index < -0.39 is 26.0 Å². The minimum absolute atomic E-state index is 0.0312. The van der Waals surface area contributed by atoms with Gasteiger partial charge in [0.05, 0.1) is 0 Å². The van der Waals surface area contributed by atoms with Gasteiger partial charge in [-0.05, 0) is 12.1 Å². The predicted octanol–water partition coefficient (Wildman–Crippen LogP) is 3.45. The van der Waals surface area contributed by atoms with Crippen molar-refractivity contribution in [3.8, 4) is 0 Å². The van der Waals surface area contributed by atoms with Crippen LogP contribution in [0.2, 0.25) is 0 Å². The topological polar surface area (TPSA) is 161 Å². The number of halogens is 1. The number of nitrogens with one attached hydrogen (secondary N) is 3. The van der Waals surface area contributed by atoms with E-state index in [1.165, 1.54) is 49.4 Å². The summed E-state index contributed by atoms with van der Waals surface area (Å²) in [7, 11) is 0. The number of H-pyrrole nitrogens is 1. The van der Waals surface area contributed by atoms with Gasteiger partial charge in [-0.3, -0.25) is 0 Å². The molecule has 12 heteroatoms. The summed E-state index contributed by atoms with van der Waals surface area (Å²) in [6.07, 6.45) is 0. The molecule has 3 aromatic carbocycles. The summed E-state index contributed by atoms with van der Waals surface area (Å²) in [5, 5.41) is 23.5. The summed E-state index contributed by atoms with van der Waals surface area (Å²) in [6.45, 7) is 1.23. The fraction of sp³-hybridized carbons (Fsp3) is 0.0435. The zero-order valence-corrected chi connectivity index (χ0v) is 20.1. The van der Waals surface area contributed by atoms with Gasteiger partial charge < -0.3 is 10.1 Å². The van der Waals surface area contributed by atoms with Gasteiger partial charge in [0.2, 0.25) is 0 Å². The number of rotatable bonds is 6. The van der Waals surface area contributed by atoms with Gasteiger partial charge in [0, 0.05) is 10.9 Å². The van der Waals surface area contributed by atoms with Crippen molar-refractivity contribution in [3.63, 3.8) is 0 Å². The van der Waals surface area contributed by atoms with Crippen LogP contribution in [0.25, 0.3) is 10.9 Å². The van der Waals surface area contributed by atoms with Crippen LogP contribution in [0.15, 0.2) is 72.8 Å². The number of carbonyl (C=O) groups is 2. The molecule has 0 saturated heterocycles. The van der Waals surface area contributed by atoms with E-state index in [9.17, 15) is 21.8 Å². The Labute approximate surface area is 201 Å². The maximum Gasteiger partial charge on any atom is 0.352 e. The Morgan fingerprint density at radius 2 is 1.66 bits per heavy atom. The number of anilines is 3. The van der Waals surface area contributed by atoms with Gasteiger partial charge in [-0.25, -0.2) is 4.79 Å². The van der Waals surface area contributed by atoms with Crippen LogP contribution in [0.1, 0.15) is 17.4 Å². The molecule has 1 heterocycles. The molecule has 6 N–H and O–H groups in total. The van der Waals surface area contributed by atoms with Gasteiger partial charge in [-0.1, -0.05) is 18.2 Å². The number of benzene rings is 3. The van der Waals surface area contributed by atoms with Crippen molar-refractivity contribution in [2.24, 2.45) is 0 Å². The molecule has 10 nitrogen and oxygen atoms in total. The molecule has 1 atom stereocenters. The fourth-order valence-corrected chi connectivity index (χ4v) is 4.71. The Kier molecular flexibility index (Phi) is 8.10. The molecule has 182 valence electrons. The van der Waals surface area contributed by atoms with Crippen molar-refractivity contribution in [1.29, 1.82) is 0 Å².